The Balaban J connectivity index is 2.65. The zero-order valence-electron chi connectivity index (χ0n) is 9.73. The summed E-state index contributed by atoms with van der Waals surface area (Å²) in [5, 5.41) is 0. The van der Waals surface area contributed by atoms with Gasteiger partial charge in [-0.15, -0.1) is 0 Å². The van der Waals surface area contributed by atoms with E-state index in [2.05, 4.69) is 20.8 Å². The Morgan fingerprint density at radius 1 is 1.47 bits per heavy atom. The molecule has 1 aliphatic rings. The first kappa shape index (κ1) is 12.2. The highest BCUT2D eigenvalue weighted by molar-refractivity contribution is 5.84. The van der Waals surface area contributed by atoms with Gasteiger partial charge in [0.15, 0.2) is 0 Å². The van der Waals surface area contributed by atoms with Crippen LogP contribution in [0.3, 0.4) is 0 Å². The first-order valence-corrected chi connectivity index (χ1v) is 5.67. The maximum Gasteiger partial charge on any atom is 0.293 e. The molecule has 0 aromatic rings. The van der Waals surface area contributed by atoms with Crippen molar-refractivity contribution in [2.75, 3.05) is 6.61 Å². The van der Waals surface area contributed by atoms with Crippen molar-refractivity contribution in [1.29, 1.82) is 0 Å². The summed E-state index contributed by atoms with van der Waals surface area (Å²) in [4.78, 5) is 22.2. The summed E-state index contributed by atoms with van der Waals surface area (Å²) in [6, 6.07) is 0. The summed E-state index contributed by atoms with van der Waals surface area (Å²) in [7, 11) is 0. The minimum atomic E-state index is -0.0867. The van der Waals surface area contributed by atoms with E-state index in [0.29, 0.717) is 18.3 Å². The van der Waals surface area contributed by atoms with Gasteiger partial charge in [0.25, 0.3) is 6.47 Å². The van der Waals surface area contributed by atoms with Crippen LogP contribution in [0.2, 0.25) is 0 Å². The summed E-state index contributed by atoms with van der Waals surface area (Å²) in [6.45, 7) is 6.91. The van der Waals surface area contributed by atoms with Crippen LogP contribution in [0, 0.1) is 23.7 Å². The van der Waals surface area contributed by atoms with E-state index in [-0.39, 0.29) is 24.2 Å². The summed E-state index contributed by atoms with van der Waals surface area (Å²) in [6.07, 6.45) is 2.04. The number of Topliss-reactive ketones (excluding diaryl/α,β-unsaturated/α-hetero) is 1. The van der Waals surface area contributed by atoms with Crippen LogP contribution in [0.4, 0.5) is 0 Å². The first-order chi connectivity index (χ1) is 7.07. The van der Waals surface area contributed by atoms with Crippen LogP contribution in [0.25, 0.3) is 0 Å². The van der Waals surface area contributed by atoms with Gasteiger partial charge < -0.3 is 4.74 Å². The largest absolute Gasteiger partial charge is 0.467 e. The van der Waals surface area contributed by atoms with Crippen molar-refractivity contribution in [3.8, 4) is 0 Å². The monoisotopic (exact) mass is 212 g/mol. The summed E-state index contributed by atoms with van der Waals surface area (Å²) in [5.74, 6) is 1.08. The standard InChI is InChI=1S/C12H20O3/c1-8(2)10-5-4-9(3)11(12(10)14)6-15-7-13/h7-11H,4-6H2,1-3H3/t9-,10+,11-/m1/s1. The normalized spacial score (nSPS) is 31.7. The third kappa shape index (κ3) is 2.80. The molecule has 3 nitrogen and oxygen atoms in total. The van der Waals surface area contributed by atoms with Crippen LogP contribution in [-0.4, -0.2) is 18.9 Å². The minimum absolute atomic E-state index is 0.0867. The maximum atomic E-state index is 12.1. The third-order valence-corrected chi connectivity index (χ3v) is 3.50. The lowest BCUT2D eigenvalue weighted by Gasteiger charge is -2.34. The van der Waals surface area contributed by atoms with Crippen LogP contribution < -0.4 is 0 Å². The van der Waals surface area contributed by atoms with Crippen LogP contribution in [0.5, 0.6) is 0 Å². The van der Waals surface area contributed by atoms with Crippen molar-refractivity contribution in [3.63, 3.8) is 0 Å². The molecule has 1 saturated carbocycles. The quantitative estimate of drug-likeness (QED) is 0.670. The highest BCUT2D eigenvalue weighted by atomic mass is 16.5. The molecule has 0 aromatic carbocycles. The molecule has 86 valence electrons. The van der Waals surface area contributed by atoms with E-state index < -0.39 is 0 Å². The van der Waals surface area contributed by atoms with Crippen molar-refractivity contribution in [1.82, 2.24) is 0 Å². The molecule has 3 atom stereocenters. The van der Waals surface area contributed by atoms with Crippen molar-refractivity contribution in [2.45, 2.75) is 33.6 Å². The zero-order valence-corrected chi connectivity index (χ0v) is 9.73. The average Bonchev–Trinajstić information content (AvgIpc) is 2.17. The fraction of sp³-hybridized carbons (Fsp3) is 0.833. The number of ether oxygens (including phenoxy) is 1. The Bertz CT molecular complexity index is 235. The molecule has 0 aromatic heterocycles. The second kappa shape index (κ2) is 5.29. The molecule has 0 unspecified atom stereocenters. The predicted molar refractivity (Wildman–Crippen MR) is 57.2 cm³/mol. The molecule has 0 aliphatic heterocycles. The fourth-order valence-electron chi connectivity index (χ4n) is 2.39. The lowest BCUT2D eigenvalue weighted by Crippen LogP contribution is -2.38. The van der Waals surface area contributed by atoms with E-state index in [1.165, 1.54) is 0 Å². The molecule has 0 radical (unpaired) electrons. The van der Waals surface area contributed by atoms with E-state index in [4.69, 9.17) is 4.74 Å². The van der Waals surface area contributed by atoms with Gasteiger partial charge in [-0.2, -0.15) is 0 Å². The summed E-state index contributed by atoms with van der Waals surface area (Å²) < 4.78 is 4.74. The van der Waals surface area contributed by atoms with Gasteiger partial charge in [-0.1, -0.05) is 20.8 Å². The molecule has 1 aliphatic carbocycles. The number of rotatable bonds is 4. The predicted octanol–water partition coefficient (Wildman–Crippen LogP) is 2.05. The van der Waals surface area contributed by atoms with Crippen LogP contribution in [-0.2, 0) is 14.3 Å². The highest BCUT2D eigenvalue weighted by Crippen LogP contribution is 2.34. The van der Waals surface area contributed by atoms with Gasteiger partial charge >= 0.3 is 0 Å². The number of hydrogen-bond donors (Lipinski definition) is 0. The zero-order chi connectivity index (χ0) is 11.4. The van der Waals surface area contributed by atoms with Gasteiger partial charge in [0.2, 0.25) is 0 Å². The molecule has 0 heterocycles. The fourth-order valence-corrected chi connectivity index (χ4v) is 2.39. The van der Waals surface area contributed by atoms with Crippen molar-refractivity contribution < 1.29 is 14.3 Å². The molecule has 0 spiro atoms. The van der Waals surface area contributed by atoms with Gasteiger partial charge in [-0.25, -0.2) is 0 Å². The lowest BCUT2D eigenvalue weighted by atomic mass is 9.70. The molecule has 0 N–H and O–H groups in total. The number of hydrogen-bond acceptors (Lipinski definition) is 3. The molecular formula is C12H20O3. The number of ketones is 1. The average molecular weight is 212 g/mol. The van der Waals surface area contributed by atoms with Crippen molar-refractivity contribution >= 4 is 12.3 Å². The van der Waals surface area contributed by atoms with Crippen LogP contribution in [0.1, 0.15) is 33.6 Å². The maximum absolute atomic E-state index is 12.1. The van der Waals surface area contributed by atoms with E-state index in [1.807, 2.05) is 0 Å². The first-order valence-electron chi connectivity index (χ1n) is 5.67. The smallest absolute Gasteiger partial charge is 0.293 e. The third-order valence-electron chi connectivity index (χ3n) is 3.50. The SMILES string of the molecule is CC(C)[C@@H]1CC[C@@H](C)[C@@H](COC=O)C1=O. The van der Waals surface area contributed by atoms with E-state index >= 15 is 0 Å². The van der Waals surface area contributed by atoms with Gasteiger partial charge in [0.05, 0.1) is 5.92 Å². The second-order valence-electron chi connectivity index (χ2n) is 4.84. The summed E-state index contributed by atoms with van der Waals surface area (Å²) in [5.41, 5.74) is 0. The Morgan fingerprint density at radius 3 is 2.67 bits per heavy atom. The molecule has 1 rings (SSSR count). The highest BCUT2D eigenvalue weighted by Gasteiger charge is 2.37. The van der Waals surface area contributed by atoms with Crippen LogP contribution >= 0.6 is 0 Å². The van der Waals surface area contributed by atoms with Gasteiger partial charge in [-0.3, -0.25) is 9.59 Å². The molecule has 0 bridgehead atoms. The Morgan fingerprint density at radius 2 is 2.13 bits per heavy atom. The van der Waals surface area contributed by atoms with E-state index in [1.54, 1.807) is 0 Å². The Hall–Kier alpha value is -0.860. The second-order valence-corrected chi connectivity index (χ2v) is 4.84. The van der Waals surface area contributed by atoms with Crippen molar-refractivity contribution in [3.05, 3.63) is 0 Å². The minimum Gasteiger partial charge on any atom is -0.467 e. The molecule has 0 saturated heterocycles. The van der Waals surface area contributed by atoms with Gasteiger partial charge in [-0.05, 0) is 24.7 Å². The molecule has 0 amide bonds. The molecule has 15 heavy (non-hydrogen) atoms. The van der Waals surface area contributed by atoms with Crippen LogP contribution in [0.15, 0.2) is 0 Å². The van der Waals surface area contributed by atoms with Gasteiger partial charge in [0, 0.05) is 5.92 Å². The number of carbonyl (C=O) groups excluding carboxylic acids is 2. The lowest BCUT2D eigenvalue weighted by molar-refractivity contribution is -0.139. The molecule has 3 heteroatoms. The molecular weight excluding hydrogens is 192 g/mol. The topological polar surface area (TPSA) is 43.4 Å². The van der Waals surface area contributed by atoms with E-state index in [0.717, 1.165) is 12.8 Å². The Labute approximate surface area is 91.2 Å². The Kier molecular flexibility index (Phi) is 4.30. The van der Waals surface area contributed by atoms with Crippen molar-refractivity contribution in [2.24, 2.45) is 23.7 Å². The number of carbonyl (C=O) groups is 2. The summed E-state index contributed by atoms with van der Waals surface area (Å²) >= 11 is 0. The molecule has 1 fully saturated rings. The van der Waals surface area contributed by atoms with E-state index in [9.17, 15) is 9.59 Å². The van der Waals surface area contributed by atoms with Gasteiger partial charge in [0.1, 0.15) is 12.4 Å².